The zero-order valence-corrected chi connectivity index (χ0v) is 12.1. The minimum Gasteiger partial charge on any atom is -0.372 e. The molecular formula is C14H19ClF3NO. The van der Waals surface area contributed by atoms with Crippen LogP contribution in [0.4, 0.5) is 13.2 Å². The Kier molecular flexibility index (Phi) is 7.34. The van der Waals surface area contributed by atoms with Gasteiger partial charge in [-0.05, 0) is 43.5 Å². The Hall–Kier alpha value is -0.780. The number of alkyl halides is 3. The first-order valence-electron chi connectivity index (χ1n) is 6.47. The van der Waals surface area contributed by atoms with Crippen molar-refractivity contribution in [1.82, 2.24) is 5.32 Å². The molecule has 0 saturated heterocycles. The molecule has 6 heteroatoms. The Morgan fingerprint density at radius 2 is 1.90 bits per heavy atom. The van der Waals surface area contributed by atoms with E-state index in [1.54, 1.807) is 0 Å². The van der Waals surface area contributed by atoms with Crippen molar-refractivity contribution >= 4 is 11.6 Å². The molecule has 1 aromatic carbocycles. The molecule has 0 radical (unpaired) electrons. The number of rotatable bonds is 8. The molecule has 114 valence electrons. The molecule has 0 aliphatic rings. The number of likely N-dealkylation sites (N-methyl/N-ethyl adjacent to an activating group) is 1. The molecule has 1 unspecified atom stereocenters. The first kappa shape index (κ1) is 17.3. The third kappa shape index (κ3) is 7.12. The number of ether oxygens (including phenoxy) is 1. The Morgan fingerprint density at radius 1 is 1.25 bits per heavy atom. The summed E-state index contributed by atoms with van der Waals surface area (Å²) < 4.78 is 40.4. The smallest absolute Gasteiger partial charge is 0.372 e. The van der Waals surface area contributed by atoms with Crippen LogP contribution in [0.5, 0.6) is 0 Å². The quantitative estimate of drug-likeness (QED) is 0.733. The summed E-state index contributed by atoms with van der Waals surface area (Å²) in [4.78, 5) is 0. The van der Waals surface area contributed by atoms with Crippen LogP contribution < -0.4 is 5.32 Å². The van der Waals surface area contributed by atoms with Crippen molar-refractivity contribution in [3.63, 3.8) is 0 Å². The Bertz CT molecular complexity index is 381. The summed E-state index contributed by atoms with van der Waals surface area (Å²) in [6, 6.07) is 7.53. The van der Waals surface area contributed by atoms with Crippen molar-refractivity contribution in [2.45, 2.75) is 24.9 Å². The van der Waals surface area contributed by atoms with Crippen LogP contribution in [0.3, 0.4) is 0 Å². The maximum absolute atomic E-state index is 11.9. The van der Waals surface area contributed by atoms with Crippen molar-refractivity contribution in [1.29, 1.82) is 0 Å². The van der Waals surface area contributed by atoms with Crippen LogP contribution >= 0.6 is 11.6 Å². The molecule has 0 heterocycles. The van der Waals surface area contributed by atoms with Gasteiger partial charge < -0.3 is 10.1 Å². The van der Waals surface area contributed by atoms with E-state index in [0.29, 0.717) is 11.4 Å². The molecule has 0 aliphatic heterocycles. The highest BCUT2D eigenvalue weighted by Gasteiger charge is 2.27. The average molecular weight is 310 g/mol. The zero-order valence-electron chi connectivity index (χ0n) is 11.3. The van der Waals surface area contributed by atoms with E-state index in [4.69, 9.17) is 11.6 Å². The molecule has 0 bridgehead atoms. The van der Waals surface area contributed by atoms with E-state index in [0.717, 1.165) is 18.5 Å². The third-order valence-corrected chi connectivity index (χ3v) is 3.15. The molecule has 1 atom stereocenters. The lowest BCUT2D eigenvalue weighted by atomic mass is 9.94. The lowest BCUT2D eigenvalue weighted by molar-refractivity contribution is -0.174. The Morgan fingerprint density at radius 3 is 2.45 bits per heavy atom. The number of halogens is 4. The van der Waals surface area contributed by atoms with Crippen LogP contribution in [0.25, 0.3) is 0 Å². The predicted molar refractivity (Wildman–Crippen MR) is 74.2 cm³/mol. The van der Waals surface area contributed by atoms with Crippen LogP contribution in [-0.4, -0.2) is 33.0 Å². The van der Waals surface area contributed by atoms with Gasteiger partial charge in [-0.25, -0.2) is 0 Å². The molecule has 1 N–H and O–H groups in total. The fourth-order valence-electron chi connectivity index (χ4n) is 1.99. The summed E-state index contributed by atoms with van der Waals surface area (Å²) in [5.74, 6) is 0.242. The minimum atomic E-state index is -4.25. The fraction of sp³-hybridized carbons (Fsp3) is 0.571. The number of nitrogens with one attached hydrogen (secondary N) is 1. The van der Waals surface area contributed by atoms with E-state index >= 15 is 0 Å². The minimum absolute atomic E-state index is 0.118. The second kappa shape index (κ2) is 8.49. The maximum atomic E-state index is 11.9. The molecule has 2 nitrogen and oxygen atoms in total. The van der Waals surface area contributed by atoms with Gasteiger partial charge in [0.15, 0.2) is 0 Å². The van der Waals surface area contributed by atoms with Gasteiger partial charge in [0.2, 0.25) is 0 Å². The molecule has 0 aromatic heterocycles. The monoisotopic (exact) mass is 309 g/mol. The van der Waals surface area contributed by atoms with E-state index in [1.165, 1.54) is 0 Å². The van der Waals surface area contributed by atoms with Crippen LogP contribution in [0, 0.1) is 0 Å². The zero-order chi connectivity index (χ0) is 15.0. The van der Waals surface area contributed by atoms with E-state index in [-0.39, 0.29) is 12.5 Å². The summed E-state index contributed by atoms with van der Waals surface area (Å²) in [5, 5.41) is 3.76. The van der Waals surface area contributed by atoms with Gasteiger partial charge in [0.25, 0.3) is 0 Å². The molecule has 0 spiro atoms. The molecule has 0 saturated carbocycles. The molecule has 0 fully saturated rings. The highest BCUT2D eigenvalue weighted by atomic mass is 35.5. The van der Waals surface area contributed by atoms with Gasteiger partial charge in [-0.15, -0.1) is 0 Å². The van der Waals surface area contributed by atoms with E-state index in [9.17, 15) is 13.2 Å². The molecular weight excluding hydrogens is 291 g/mol. The second-order valence-electron chi connectivity index (χ2n) is 4.62. The van der Waals surface area contributed by atoms with E-state index < -0.39 is 12.8 Å². The van der Waals surface area contributed by atoms with Crippen molar-refractivity contribution in [2.75, 3.05) is 26.8 Å². The summed E-state index contributed by atoms with van der Waals surface area (Å²) >= 11 is 5.84. The van der Waals surface area contributed by atoms with Gasteiger partial charge in [0.05, 0.1) is 0 Å². The normalized spacial score (nSPS) is 13.4. The van der Waals surface area contributed by atoms with E-state index in [2.05, 4.69) is 10.1 Å². The first-order chi connectivity index (χ1) is 9.42. The van der Waals surface area contributed by atoms with Crippen molar-refractivity contribution in [3.05, 3.63) is 34.9 Å². The van der Waals surface area contributed by atoms with Crippen LogP contribution in [0.2, 0.25) is 5.02 Å². The summed E-state index contributed by atoms with van der Waals surface area (Å²) in [7, 11) is 1.85. The van der Waals surface area contributed by atoms with E-state index in [1.807, 2.05) is 31.3 Å². The van der Waals surface area contributed by atoms with Gasteiger partial charge in [-0.3, -0.25) is 0 Å². The van der Waals surface area contributed by atoms with Crippen molar-refractivity contribution < 1.29 is 17.9 Å². The first-order valence-corrected chi connectivity index (χ1v) is 6.84. The summed E-state index contributed by atoms with van der Waals surface area (Å²) in [6.07, 6.45) is -2.90. The van der Waals surface area contributed by atoms with Crippen LogP contribution in [-0.2, 0) is 4.74 Å². The lowest BCUT2D eigenvalue weighted by Crippen LogP contribution is -2.19. The molecule has 20 heavy (non-hydrogen) atoms. The van der Waals surface area contributed by atoms with Crippen molar-refractivity contribution in [2.24, 2.45) is 0 Å². The highest BCUT2D eigenvalue weighted by Crippen LogP contribution is 2.23. The number of benzene rings is 1. The summed E-state index contributed by atoms with van der Waals surface area (Å²) in [6.45, 7) is -0.293. The Balaban J connectivity index is 2.38. The van der Waals surface area contributed by atoms with Gasteiger partial charge in [0.1, 0.15) is 6.61 Å². The van der Waals surface area contributed by atoms with Crippen molar-refractivity contribution in [3.8, 4) is 0 Å². The van der Waals surface area contributed by atoms with Gasteiger partial charge in [-0.1, -0.05) is 23.7 Å². The lowest BCUT2D eigenvalue weighted by Gasteiger charge is -2.17. The summed E-state index contributed by atoms with van der Waals surface area (Å²) in [5.41, 5.74) is 1.12. The second-order valence-corrected chi connectivity index (χ2v) is 5.05. The molecule has 0 amide bonds. The fourth-order valence-corrected chi connectivity index (χ4v) is 2.11. The number of hydrogen-bond acceptors (Lipinski definition) is 2. The average Bonchev–Trinajstić information content (AvgIpc) is 2.37. The van der Waals surface area contributed by atoms with Gasteiger partial charge >= 0.3 is 6.18 Å². The van der Waals surface area contributed by atoms with Gasteiger partial charge in [0, 0.05) is 18.2 Å². The Labute approximate surface area is 122 Å². The largest absolute Gasteiger partial charge is 0.411 e. The SMILES string of the molecule is CNCC(CCCOCC(F)(F)F)c1ccc(Cl)cc1. The number of hydrogen-bond donors (Lipinski definition) is 1. The standard InChI is InChI=1S/C14H19ClF3NO/c1-19-9-12(11-4-6-13(15)7-5-11)3-2-8-20-10-14(16,17)18/h4-7,12,19H,2-3,8-10H2,1H3. The topological polar surface area (TPSA) is 21.3 Å². The van der Waals surface area contributed by atoms with Crippen LogP contribution in [0.1, 0.15) is 24.3 Å². The molecule has 1 rings (SSSR count). The third-order valence-electron chi connectivity index (χ3n) is 2.90. The predicted octanol–water partition coefficient (Wildman–Crippen LogP) is 4.00. The van der Waals surface area contributed by atoms with Gasteiger partial charge in [-0.2, -0.15) is 13.2 Å². The molecule has 0 aliphatic carbocycles. The maximum Gasteiger partial charge on any atom is 0.411 e. The highest BCUT2D eigenvalue weighted by molar-refractivity contribution is 6.30. The van der Waals surface area contributed by atoms with Crippen LogP contribution in [0.15, 0.2) is 24.3 Å². The molecule has 1 aromatic rings.